The fourth-order valence-electron chi connectivity index (χ4n) is 1.66. The van der Waals surface area contributed by atoms with Crippen molar-refractivity contribution in [2.75, 3.05) is 6.54 Å². The third kappa shape index (κ3) is 2.62. The Hall–Kier alpha value is -0.770. The SMILES string of the molecule is Cc1cc2ccncc2n1CCN.Cl.Cl. The molecule has 2 aromatic rings. The molecule has 0 saturated carbocycles. The zero-order chi connectivity index (χ0) is 9.26. The first-order chi connectivity index (χ1) is 6.33. The molecule has 0 aliphatic carbocycles. The fraction of sp³-hybridized carbons (Fsp3) is 0.300. The van der Waals surface area contributed by atoms with Crippen molar-refractivity contribution in [3.05, 3.63) is 30.2 Å². The van der Waals surface area contributed by atoms with E-state index < -0.39 is 0 Å². The summed E-state index contributed by atoms with van der Waals surface area (Å²) in [6.07, 6.45) is 3.70. The van der Waals surface area contributed by atoms with Gasteiger partial charge >= 0.3 is 0 Å². The third-order valence-electron chi connectivity index (χ3n) is 2.27. The number of nitrogens with two attached hydrogens (primary N) is 1. The van der Waals surface area contributed by atoms with E-state index in [1.54, 1.807) is 0 Å². The maximum absolute atomic E-state index is 5.54. The van der Waals surface area contributed by atoms with Crippen LogP contribution in [0.2, 0.25) is 0 Å². The van der Waals surface area contributed by atoms with Crippen molar-refractivity contribution in [3.8, 4) is 0 Å². The summed E-state index contributed by atoms with van der Waals surface area (Å²) in [6, 6.07) is 4.18. The van der Waals surface area contributed by atoms with Gasteiger partial charge in [0.1, 0.15) is 0 Å². The van der Waals surface area contributed by atoms with E-state index in [1.165, 1.54) is 16.6 Å². The van der Waals surface area contributed by atoms with E-state index in [9.17, 15) is 0 Å². The largest absolute Gasteiger partial charge is 0.342 e. The van der Waals surface area contributed by atoms with Crippen LogP contribution in [0.4, 0.5) is 0 Å². The molecule has 2 heterocycles. The smallest absolute Gasteiger partial charge is 0.0669 e. The topological polar surface area (TPSA) is 43.8 Å². The van der Waals surface area contributed by atoms with E-state index in [2.05, 4.69) is 22.5 Å². The van der Waals surface area contributed by atoms with Crippen LogP contribution in [-0.4, -0.2) is 16.1 Å². The molecule has 0 aliphatic rings. The highest BCUT2D eigenvalue weighted by Crippen LogP contribution is 2.17. The third-order valence-corrected chi connectivity index (χ3v) is 2.27. The molecular weight excluding hydrogens is 233 g/mol. The summed E-state index contributed by atoms with van der Waals surface area (Å²) in [5.41, 5.74) is 7.95. The first-order valence-corrected chi connectivity index (χ1v) is 4.43. The average molecular weight is 248 g/mol. The van der Waals surface area contributed by atoms with Crippen LogP contribution < -0.4 is 5.73 Å². The molecule has 2 aromatic heterocycles. The van der Waals surface area contributed by atoms with E-state index in [1.807, 2.05) is 18.5 Å². The van der Waals surface area contributed by atoms with Crippen LogP contribution in [0.5, 0.6) is 0 Å². The minimum atomic E-state index is 0. The quantitative estimate of drug-likeness (QED) is 0.884. The van der Waals surface area contributed by atoms with Crippen molar-refractivity contribution in [2.45, 2.75) is 13.5 Å². The van der Waals surface area contributed by atoms with Crippen molar-refractivity contribution >= 4 is 35.7 Å². The van der Waals surface area contributed by atoms with Crippen LogP contribution in [-0.2, 0) is 6.54 Å². The molecule has 0 atom stereocenters. The number of aromatic nitrogens is 2. The summed E-state index contributed by atoms with van der Waals surface area (Å²) in [5, 5.41) is 1.24. The lowest BCUT2D eigenvalue weighted by atomic mass is 10.3. The molecule has 15 heavy (non-hydrogen) atoms. The lowest BCUT2D eigenvalue weighted by molar-refractivity contribution is 0.714. The maximum atomic E-state index is 5.54. The summed E-state index contributed by atoms with van der Waals surface area (Å²) >= 11 is 0. The number of nitrogens with zero attached hydrogens (tertiary/aromatic N) is 2. The van der Waals surface area contributed by atoms with E-state index >= 15 is 0 Å². The van der Waals surface area contributed by atoms with E-state index in [-0.39, 0.29) is 24.8 Å². The Kier molecular flexibility index (Phi) is 5.65. The first kappa shape index (κ1) is 14.2. The van der Waals surface area contributed by atoms with Crippen molar-refractivity contribution in [3.63, 3.8) is 0 Å². The molecule has 0 aromatic carbocycles. The van der Waals surface area contributed by atoms with E-state index in [4.69, 9.17) is 5.73 Å². The van der Waals surface area contributed by atoms with Gasteiger partial charge in [0.05, 0.1) is 11.7 Å². The Labute approximate surface area is 101 Å². The van der Waals surface area contributed by atoms with Crippen LogP contribution in [0, 0.1) is 6.92 Å². The number of halogens is 2. The predicted octanol–water partition coefficient (Wildman–Crippen LogP) is 2.15. The highest BCUT2D eigenvalue weighted by atomic mass is 35.5. The molecule has 2 rings (SSSR count). The second kappa shape index (κ2) is 5.95. The van der Waals surface area contributed by atoms with Gasteiger partial charge in [-0.2, -0.15) is 0 Å². The Morgan fingerprint density at radius 3 is 2.80 bits per heavy atom. The van der Waals surface area contributed by atoms with Crippen molar-refractivity contribution in [1.82, 2.24) is 9.55 Å². The normalized spacial score (nSPS) is 9.47. The van der Waals surface area contributed by atoms with Gasteiger partial charge in [-0.1, -0.05) is 0 Å². The predicted molar refractivity (Wildman–Crippen MR) is 68.0 cm³/mol. The summed E-state index contributed by atoms with van der Waals surface area (Å²) in [6.45, 7) is 3.62. The van der Waals surface area contributed by atoms with Gasteiger partial charge in [0.2, 0.25) is 0 Å². The van der Waals surface area contributed by atoms with Crippen molar-refractivity contribution in [2.24, 2.45) is 5.73 Å². The van der Waals surface area contributed by atoms with Crippen molar-refractivity contribution < 1.29 is 0 Å². The molecule has 84 valence electrons. The molecule has 0 spiro atoms. The molecule has 0 radical (unpaired) electrons. The van der Waals surface area contributed by atoms with Gasteiger partial charge in [0, 0.05) is 30.4 Å². The molecule has 0 saturated heterocycles. The molecule has 2 N–H and O–H groups in total. The lowest BCUT2D eigenvalue weighted by Crippen LogP contribution is -2.10. The minimum Gasteiger partial charge on any atom is -0.342 e. The minimum absolute atomic E-state index is 0. The molecule has 0 aliphatic heterocycles. The molecule has 3 nitrogen and oxygen atoms in total. The van der Waals surface area contributed by atoms with Crippen LogP contribution >= 0.6 is 24.8 Å². The van der Waals surface area contributed by atoms with E-state index in [0.717, 1.165) is 6.54 Å². The van der Waals surface area contributed by atoms with E-state index in [0.29, 0.717) is 6.54 Å². The molecule has 0 bridgehead atoms. The molecule has 0 amide bonds. The Morgan fingerprint density at radius 1 is 1.40 bits per heavy atom. The van der Waals surface area contributed by atoms with Crippen molar-refractivity contribution in [1.29, 1.82) is 0 Å². The first-order valence-electron chi connectivity index (χ1n) is 4.43. The Morgan fingerprint density at radius 2 is 2.13 bits per heavy atom. The summed E-state index contributed by atoms with van der Waals surface area (Å²) in [7, 11) is 0. The maximum Gasteiger partial charge on any atom is 0.0669 e. The number of hydrogen-bond acceptors (Lipinski definition) is 2. The monoisotopic (exact) mass is 247 g/mol. The Balaban J connectivity index is 0.000000980. The van der Waals surface area contributed by atoms with Gasteiger partial charge in [-0.25, -0.2) is 0 Å². The summed E-state index contributed by atoms with van der Waals surface area (Å²) < 4.78 is 2.20. The number of fused-ring (bicyclic) bond motifs is 1. The van der Waals surface area contributed by atoms with Crippen LogP contribution in [0.25, 0.3) is 10.9 Å². The highest BCUT2D eigenvalue weighted by Gasteiger charge is 2.03. The lowest BCUT2D eigenvalue weighted by Gasteiger charge is -2.04. The fourth-order valence-corrected chi connectivity index (χ4v) is 1.66. The van der Waals surface area contributed by atoms with Crippen LogP contribution in [0.15, 0.2) is 24.5 Å². The average Bonchev–Trinajstić information content (AvgIpc) is 2.44. The highest BCUT2D eigenvalue weighted by molar-refractivity contribution is 5.85. The van der Waals surface area contributed by atoms with Gasteiger partial charge in [-0.3, -0.25) is 4.98 Å². The molecule has 0 fully saturated rings. The second-order valence-corrected chi connectivity index (χ2v) is 3.16. The zero-order valence-electron chi connectivity index (χ0n) is 8.51. The summed E-state index contributed by atoms with van der Waals surface area (Å²) in [4.78, 5) is 4.11. The molecular formula is C10H15Cl2N3. The Bertz CT molecular complexity index is 426. The number of aryl methyl sites for hydroxylation is 1. The van der Waals surface area contributed by atoms with Crippen LogP contribution in [0.1, 0.15) is 5.69 Å². The van der Waals surface area contributed by atoms with Gasteiger partial charge in [0.25, 0.3) is 0 Å². The number of pyridine rings is 1. The van der Waals surface area contributed by atoms with Gasteiger partial charge < -0.3 is 10.3 Å². The second-order valence-electron chi connectivity index (χ2n) is 3.16. The molecule has 0 unspecified atom stereocenters. The zero-order valence-corrected chi connectivity index (χ0v) is 10.1. The number of rotatable bonds is 2. The standard InChI is InChI=1S/C10H13N3.2ClH/c1-8-6-9-2-4-12-7-10(9)13(8)5-3-11;;/h2,4,6-7H,3,5,11H2,1H3;2*1H. The van der Waals surface area contributed by atoms with Crippen LogP contribution in [0.3, 0.4) is 0 Å². The molecule has 5 heteroatoms. The van der Waals surface area contributed by atoms with Gasteiger partial charge in [-0.15, -0.1) is 24.8 Å². The van der Waals surface area contributed by atoms with Gasteiger partial charge in [-0.05, 0) is 19.1 Å². The number of hydrogen-bond donors (Lipinski definition) is 1. The summed E-state index contributed by atoms with van der Waals surface area (Å²) in [5.74, 6) is 0. The van der Waals surface area contributed by atoms with Gasteiger partial charge in [0.15, 0.2) is 0 Å².